The molecule has 1 aliphatic heterocycles. The number of rotatable bonds is 6. The maximum absolute atomic E-state index is 14.1. The van der Waals surface area contributed by atoms with Gasteiger partial charge >= 0.3 is 0 Å². The van der Waals surface area contributed by atoms with Crippen molar-refractivity contribution in [1.82, 2.24) is 29.8 Å². The lowest BCUT2D eigenvalue weighted by Gasteiger charge is -2.26. The summed E-state index contributed by atoms with van der Waals surface area (Å²) in [5, 5.41) is 16.8. The number of H-pyrrole nitrogens is 1. The summed E-state index contributed by atoms with van der Waals surface area (Å²) in [7, 11) is 0. The molecular weight excluding hydrogens is 389 g/mol. The number of aromatic amines is 1. The molecule has 0 aromatic carbocycles. The van der Waals surface area contributed by atoms with Crippen LogP contribution in [0.4, 0.5) is 24.8 Å². The third kappa shape index (κ3) is 3.26. The molecule has 0 amide bonds. The van der Waals surface area contributed by atoms with Crippen LogP contribution in [0.1, 0.15) is 19.3 Å². The average Bonchev–Trinajstić information content (AvgIpc) is 3.12. The fourth-order valence-electron chi connectivity index (χ4n) is 3.45. The summed E-state index contributed by atoms with van der Waals surface area (Å²) in [6.45, 7) is 0.461. The van der Waals surface area contributed by atoms with Gasteiger partial charge in [-0.05, 0) is 19.3 Å². The average molecular weight is 408 g/mol. The minimum atomic E-state index is -2.53. The van der Waals surface area contributed by atoms with Gasteiger partial charge in [-0.2, -0.15) is 14.6 Å². The fraction of sp³-hybridized carbons (Fsp3) is 0.529. The van der Waals surface area contributed by atoms with Gasteiger partial charge < -0.3 is 15.4 Å². The minimum absolute atomic E-state index is 0.0148. The first kappa shape index (κ1) is 18.2. The number of hydrogen-bond acceptors (Lipinski definition) is 7. The van der Waals surface area contributed by atoms with E-state index < -0.39 is 24.2 Å². The number of aromatic nitrogens is 6. The molecule has 3 N–H and O–H groups in total. The van der Waals surface area contributed by atoms with Gasteiger partial charge in [0.1, 0.15) is 23.9 Å². The Balaban J connectivity index is 1.54. The molecule has 0 radical (unpaired) electrons. The van der Waals surface area contributed by atoms with Crippen LogP contribution in [0.3, 0.4) is 0 Å². The lowest BCUT2D eigenvalue weighted by Crippen LogP contribution is -2.39. The van der Waals surface area contributed by atoms with Crippen molar-refractivity contribution in [3.05, 3.63) is 18.7 Å². The van der Waals surface area contributed by atoms with Crippen molar-refractivity contribution in [2.24, 2.45) is 0 Å². The van der Waals surface area contributed by atoms with E-state index in [1.54, 1.807) is 12.4 Å². The van der Waals surface area contributed by atoms with Crippen LogP contribution in [0.25, 0.3) is 16.9 Å². The van der Waals surface area contributed by atoms with Crippen LogP contribution >= 0.6 is 0 Å². The van der Waals surface area contributed by atoms with E-state index in [0.29, 0.717) is 48.5 Å². The van der Waals surface area contributed by atoms with Gasteiger partial charge in [0, 0.05) is 18.4 Å². The molecule has 0 unspecified atom stereocenters. The first-order chi connectivity index (χ1) is 14.1. The quantitative estimate of drug-likeness (QED) is 0.575. The van der Waals surface area contributed by atoms with Crippen molar-refractivity contribution < 1.29 is 17.9 Å². The first-order valence-corrected chi connectivity index (χ1v) is 9.35. The summed E-state index contributed by atoms with van der Waals surface area (Å²) in [5.41, 5.74) is 0.438. The van der Waals surface area contributed by atoms with E-state index in [1.165, 1.54) is 10.8 Å². The molecule has 0 spiro atoms. The van der Waals surface area contributed by atoms with E-state index in [2.05, 4.69) is 35.9 Å². The number of alkyl halides is 3. The second-order valence-electron chi connectivity index (χ2n) is 7.37. The van der Waals surface area contributed by atoms with Gasteiger partial charge in [0.05, 0.1) is 24.4 Å². The number of nitrogens with one attached hydrogen (secondary N) is 3. The van der Waals surface area contributed by atoms with Crippen LogP contribution < -0.4 is 10.6 Å². The number of anilines is 2. The maximum atomic E-state index is 14.1. The third-order valence-corrected chi connectivity index (χ3v) is 5.34. The summed E-state index contributed by atoms with van der Waals surface area (Å²) in [4.78, 5) is 8.81. The highest BCUT2D eigenvalue weighted by Crippen LogP contribution is 2.46. The van der Waals surface area contributed by atoms with Crippen LogP contribution in [0.15, 0.2) is 18.7 Å². The molecule has 0 bridgehead atoms. The Morgan fingerprint density at radius 2 is 2.21 bits per heavy atom. The summed E-state index contributed by atoms with van der Waals surface area (Å²) >= 11 is 0. The largest absolute Gasteiger partial charge is 0.378 e. The van der Waals surface area contributed by atoms with Crippen molar-refractivity contribution in [2.45, 2.75) is 43.4 Å². The molecule has 2 aliphatic rings. The van der Waals surface area contributed by atoms with Crippen LogP contribution in [0, 0.1) is 0 Å². The van der Waals surface area contributed by atoms with E-state index in [1.807, 2.05) is 0 Å². The predicted molar refractivity (Wildman–Crippen MR) is 97.7 cm³/mol. The Labute approximate surface area is 163 Å². The molecule has 4 heterocycles. The number of ether oxygens (including phenoxy) is 1. The van der Waals surface area contributed by atoms with E-state index in [4.69, 9.17) is 4.74 Å². The van der Waals surface area contributed by atoms with Gasteiger partial charge in [-0.15, -0.1) is 5.10 Å². The van der Waals surface area contributed by atoms with Crippen LogP contribution in [-0.4, -0.2) is 67.2 Å². The second-order valence-corrected chi connectivity index (χ2v) is 7.37. The van der Waals surface area contributed by atoms with Crippen molar-refractivity contribution in [2.75, 3.05) is 23.8 Å². The molecule has 2 fully saturated rings. The molecule has 1 saturated heterocycles. The van der Waals surface area contributed by atoms with Gasteiger partial charge in [-0.1, -0.05) is 0 Å². The lowest BCUT2D eigenvalue weighted by atomic mass is 10.1. The number of hydrogen-bond donors (Lipinski definition) is 3. The Morgan fingerprint density at radius 3 is 2.90 bits per heavy atom. The molecule has 5 rings (SSSR count). The van der Waals surface area contributed by atoms with Gasteiger partial charge in [-0.3, -0.25) is 5.10 Å². The van der Waals surface area contributed by atoms with Crippen molar-refractivity contribution in [3.63, 3.8) is 0 Å². The monoisotopic (exact) mass is 408 g/mol. The van der Waals surface area contributed by atoms with E-state index in [9.17, 15) is 13.2 Å². The Hall–Kier alpha value is -2.89. The zero-order chi connectivity index (χ0) is 20.0. The van der Waals surface area contributed by atoms with Crippen LogP contribution in [0.5, 0.6) is 0 Å². The standard InChI is InChI=1S/C17H19F3N8O/c18-10-7-29-4-1-11(10)24-16-25-14-13(26-17(2-3-17)15(19)20)12(9-5-22-23-6-9)21-8-28(14)27-16/h5-6,8,10-11,15,26H,1-4,7H2,(H,22,23)(H,24,27)/t10-,11+/m1/s1. The van der Waals surface area contributed by atoms with Crippen molar-refractivity contribution >= 4 is 17.3 Å². The topological polar surface area (TPSA) is 105 Å². The van der Waals surface area contributed by atoms with Crippen LogP contribution in [0.2, 0.25) is 0 Å². The first-order valence-electron chi connectivity index (χ1n) is 9.35. The van der Waals surface area contributed by atoms with Gasteiger partial charge in [0.15, 0.2) is 5.65 Å². The Bertz CT molecular complexity index is 1000. The summed E-state index contributed by atoms with van der Waals surface area (Å²) in [6.07, 6.45) is 2.09. The lowest BCUT2D eigenvalue weighted by molar-refractivity contribution is 0.0284. The molecule has 29 heavy (non-hydrogen) atoms. The highest BCUT2D eigenvalue weighted by molar-refractivity contribution is 5.85. The molecule has 2 atom stereocenters. The molecule has 1 saturated carbocycles. The van der Waals surface area contributed by atoms with Crippen molar-refractivity contribution in [1.29, 1.82) is 0 Å². The normalized spacial score (nSPS) is 23.4. The van der Waals surface area contributed by atoms with Crippen LogP contribution in [-0.2, 0) is 4.74 Å². The van der Waals surface area contributed by atoms with E-state index in [-0.39, 0.29) is 12.6 Å². The maximum Gasteiger partial charge on any atom is 0.261 e. The van der Waals surface area contributed by atoms with Gasteiger partial charge in [0.25, 0.3) is 6.43 Å². The second kappa shape index (κ2) is 6.87. The Morgan fingerprint density at radius 1 is 1.34 bits per heavy atom. The van der Waals surface area contributed by atoms with Gasteiger partial charge in [0.2, 0.25) is 5.95 Å². The highest BCUT2D eigenvalue weighted by atomic mass is 19.3. The minimum Gasteiger partial charge on any atom is -0.378 e. The molecule has 1 aliphatic carbocycles. The fourth-order valence-corrected chi connectivity index (χ4v) is 3.45. The predicted octanol–water partition coefficient (Wildman–Crippen LogP) is 2.26. The van der Waals surface area contributed by atoms with E-state index in [0.717, 1.165) is 0 Å². The third-order valence-electron chi connectivity index (χ3n) is 5.34. The molecule has 12 heteroatoms. The number of halogens is 3. The summed E-state index contributed by atoms with van der Waals surface area (Å²) in [5.74, 6) is 0.204. The molecule has 3 aromatic heterocycles. The molecular formula is C17H19F3N8O. The number of nitrogens with zero attached hydrogens (tertiary/aromatic N) is 5. The molecule has 3 aromatic rings. The summed E-state index contributed by atoms with van der Waals surface area (Å²) in [6, 6.07) is -0.477. The smallest absolute Gasteiger partial charge is 0.261 e. The highest BCUT2D eigenvalue weighted by Gasteiger charge is 2.52. The zero-order valence-corrected chi connectivity index (χ0v) is 15.3. The Kier molecular flexibility index (Phi) is 4.30. The van der Waals surface area contributed by atoms with Crippen molar-refractivity contribution in [3.8, 4) is 11.3 Å². The van der Waals surface area contributed by atoms with Gasteiger partial charge in [-0.25, -0.2) is 18.2 Å². The number of fused-ring (bicyclic) bond motifs is 1. The SMILES string of the molecule is FC(F)C1(Nc2c(-c3cn[nH]c3)ncn3nc(N[C@H]4CCOC[C@H]4F)nc23)CC1. The summed E-state index contributed by atoms with van der Waals surface area (Å²) < 4.78 is 47.7. The van der Waals surface area contributed by atoms with E-state index >= 15 is 0 Å². The zero-order valence-electron chi connectivity index (χ0n) is 15.3. The molecule has 154 valence electrons. The molecule has 9 nitrogen and oxygen atoms in total.